The molecule has 192 valence electrons. The Morgan fingerprint density at radius 3 is 2.35 bits per heavy atom. The molecular formula is C25H25ClN6O4S. The van der Waals surface area contributed by atoms with Gasteiger partial charge in [-0.25, -0.2) is 18.4 Å². The fourth-order valence-corrected chi connectivity index (χ4v) is 4.54. The van der Waals surface area contributed by atoms with Gasteiger partial charge in [0.15, 0.2) is 11.6 Å². The molecule has 0 aliphatic carbocycles. The van der Waals surface area contributed by atoms with Gasteiger partial charge in [-0.1, -0.05) is 29.8 Å². The van der Waals surface area contributed by atoms with Gasteiger partial charge in [-0.05, 0) is 56.4 Å². The minimum absolute atomic E-state index is 0.0316. The number of rotatable bonds is 9. The Labute approximate surface area is 219 Å². The average Bonchev–Trinajstić information content (AvgIpc) is 2.89. The number of methoxy groups -OCH3 is 1. The first-order chi connectivity index (χ1) is 17.7. The summed E-state index contributed by atoms with van der Waals surface area (Å²) < 4.78 is 34.5. The van der Waals surface area contributed by atoms with Crippen molar-refractivity contribution in [1.82, 2.24) is 15.3 Å². The number of nitrogens with zero attached hydrogens (tertiary/aromatic N) is 2. The van der Waals surface area contributed by atoms with Gasteiger partial charge in [0.2, 0.25) is 5.91 Å². The lowest BCUT2D eigenvalue weighted by Crippen LogP contribution is -2.35. The average molecular weight is 541 g/mol. The Morgan fingerprint density at radius 1 is 0.973 bits per heavy atom. The Kier molecular flexibility index (Phi) is 7.77. The summed E-state index contributed by atoms with van der Waals surface area (Å²) in [6.45, 7) is 1.69. The van der Waals surface area contributed by atoms with E-state index in [0.29, 0.717) is 33.2 Å². The first-order valence-electron chi connectivity index (χ1n) is 11.2. The van der Waals surface area contributed by atoms with E-state index in [1.807, 2.05) is 0 Å². The van der Waals surface area contributed by atoms with Crippen molar-refractivity contribution in [3.63, 3.8) is 0 Å². The number of hydrogen-bond donors (Lipinski definition) is 4. The summed E-state index contributed by atoms with van der Waals surface area (Å²) >= 11 is 6.35. The van der Waals surface area contributed by atoms with E-state index in [0.717, 1.165) is 0 Å². The number of carbonyl (C=O) groups excluding carboxylic acids is 1. The highest BCUT2D eigenvalue weighted by Gasteiger charge is 2.21. The zero-order chi connectivity index (χ0) is 26.6. The van der Waals surface area contributed by atoms with E-state index in [4.69, 9.17) is 16.3 Å². The van der Waals surface area contributed by atoms with Crippen LogP contribution in [0.25, 0.3) is 11.0 Å². The summed E-state index contributed by atoms with van der Waals surface area (Å²) in [6, 6.07) is 17.5. The second kappa shape index (κ2) is 11.0. The molecule has 3 aromatic carbocycles. The molecule has 1 amide bonds. The van der Waals surface area contributed by atoms with E-state index in [9.17, 15) is 13.2 Å². The maximum Gasteiger partial charge on any atom is 0.263 e. The number of aromatic nitrogens is 2. The predicted octanol–water partition coefficient (Wildman–Crippen LogP) is 4.38. The van der Waals surface area contributed by atoms with Crippen LogP contribution in [0.5, 0.6) is 5.75 Å². The maximum atomic E-state index is 13.4. The van der Waals surface area contributed by atoms with E-state index >= 15 is 0 Å². The smallest absolute Gasteiger partial charge is 0.263 e. The molecule has 1 unspecified atom stereocenters. The van der Waals surface area contributed by atoms with Crippen LogP contribution in [0.1, 0.15) is 6.92 Å². The van der Waals surface area contributed by atoms with Gasteiger partial charge in [-0.15, -0.1) is 0 Å². The van der Waals surface area contributed by atoms with Crippen LogP contribution in [0, 0.1) is 0 Å². The second-order valence-corrected chi connectivity index (χ2v) is 10.1. The van der Waals surface area contributed by atoms with Crippen LogP contribution in [0.2, 0.25) is 5.02 Å². The molecule has 0 bridgehead atoms. The highest BCUT2D eigenvalue weighted by atomic mass is 35.5. The lowest BCUT2D eigenvalue weighted by atomic mass is 10.3. The van der Waals surface area contributed by atoms with E-state index in [1.165, 1.54) is 25.3 Å². The molecule has 12 heteroatoms. The van der Waals surface area contributed by atoms with E-state index < -0.39 is 16.1 Å². The van der Waals surface area contributed by atoms with E-state index in [1.54, 1.807) is 62.5 Å². The van der Waals surface area contributed by atoms with Crippen LogP contribution in [-0.2, 0) is 14.8 Å². The topological polar surface area (TPSA) is 134 Å². The first kappa shape index (κ1) is 26.1. The van der Waals surface area contributed by atoms with Crippen molar-refractivity contribution in [1.29, 1.82) is 0 Å². The number of nitrogens with one attached hydrogen (secondary N) is 4. The van der Waals surface area contributed by atoms with Crippen molar-refractivity contribution in [3.05, 3.63) is 71.8 Å². The minimum atomic E-state index is -4.12. The van der Waals surface area contributed by atoms with Gasteiger partial charge in [0.05, 0.1) is 39.8 Å². The third-order valence-electron chi connectivity index (χ3n) is 5.47. The van der Waals surface area contributed by atoms with Crippen LogP contribution < -0.4 is 25.4 Å². The fraction of sp³-hybridized carbons (Fsp3) is 0.160. The number of likely N-dealkylation sites (N-methyl/N-ethyl adjacent to an activating group) is 1. The molecule has 4 aromatic rings. The molecule has 0 aliphatic rings. The van der Waals surface area contributed by atoms with Gasteiger partial charge in [-0.3, -0.25) is 9.52 Å². The van der Waals surface area contributed by atoms with Crippen molar-refractivity contribution in [3.8, 4) is 5.75 Å². The monoisotopic (exact) mass is 540 g/mol. The SMILES string of the molecule is CNC(C)C(=O)Nc1cccc(S(=O)(=O)Nc2nc3ccccc3nc2Nc2cc(OC)ccc2Cl)c1. The Morgan fingerprint density at radius 2 is 1.68 bits per heavy atom. The first-order valence-corrected chi connectivity index (χ1v) is 13.0. The van der Waals surface area contributed by atoms with Gasteiger partial charge >= 0.3 is 0 Å². The number of carbonyl (C=O) groups is 1. The standard InChI is InChI=1S/C25H25ClN6O4S/c1-15(27-2)25(33)28-16-7-6-8-18(13-16)37(34,35)32-24-23(29-20-9-4-5-10-21(20)30-24)31-22-14-17(36-3)11-12-19(22)26/h4-15,27H,1-3H3,(H,28,33)(H,29,31)(H,30,32). The van der Waals surface area contributed by atoms with Crippen molar-refractivity contribution < 1.29 is 17.9 Å². The van der Waals surface area contributed by atoms with Crippen molar-refractivity contribution in [2.24, 2.45) is 0 Å². The van der Waals surface area contributed by atoms with Crippen molar-refractivity contribution in [2.75, 3.05) is 29.5 Å². The van der Waals surface area contributed by atoms with Gasteiger partial charge in [0.25, 0.3) is 10.0 Å². The number of ether oxygens (including phenoxy) is 1. The molecule has 0 spiro atoms. The summed E-state index contributed by atoms with van der Waals surface area (Å²) in [5.74, 6) is 0.363. The van der Waals surface area contributed by atoms with Crippen LogP contribution in [-0.4, -0.2) is 44.5 Å². The lowest BCUT2D eigenvalue weighted by Gasteiger charge is -2.16. The molecule has 4 rings (SSSR count). The molecule has 0 aliphatic heterocycles. The summed E-state index contributed by atoms with van der Waals surface area (Å²) in [6.07, 6.45) is 0. The van der Waals surface area contributed by atoms with E-state index in [2.05, 4.69) is 30.6 Å². The number of sulfonamides is 1. The lowest BCUT2D eigenvalue weighted by molar-refractivity contribution is -0.117. The third-order valence-corrected chi connectivity index (χ3v) is 7.13. The number of halogens is 1. The number of benzene rings is 3. The molecule has 10 nitrogen and oxygen atoms in total. The highest BCUT2D eigenvalue weighted by molar-refractivity contribution is 7.92. The number of para-hydroxylation sites is 2. The van der Waals surface area contributed by atoms with Gasteiger partial charge in [0, 0.05) is 11.8 Å². The third kappa shape index (κ3) is 6.08. The predicted molar refractivity (Wildman–Crippen MR) is 145 cm³/mol. The zero-order valence-electron chi connectivity index (χ0n) is 20.2. The molecule has 1 aromatic heterocycles. The molecule has 1 heterocycles. The number of anilines is 4. The number of hydrogen-bond acceptors (Lipinski definition) is 8. The van der Waals surface area contributed by atoms with Crippen molar-refractivity contribution >= 4 is 61.6 Å². The van der Waals surface area contributed by atoms with Crippen LogP contribution in [0.15, 0.2) is 71.6 Å². The molecule has 1 atom stereocenters. The van der Waals surface area contributed by atoms with Crippen LogP contribution >= 0.6 is 11.6 Å². The Hall–Kier alpha value is -3.93. The fourth-order valence-electron chi connectivity index (χ4n) is 3.32. The molecule has 4 N–H and O–H groups in total. The van der Waals surface area contributed by atoms with E-state index in [-0.39, 0.29) is 22.4 Å². The summed E-state index contributed by atoms with van der Waals surface area (Å²) in [4.78, 5) is 21.2. The molecule has 0 saturated heterocycles. The van der Waals surface area contributed by atoms with Gasteiger partial charge in [-0.2, -0.15) is 0 Å². The van der Waals surface area contributed by atoms with Crippen LogP contribution in [0.3, 0.4) is 0 Å². The van der Waals surface area contributed by atoms with Crippen LogP contribution in [0.4, 0.5) is 23.0 Å². The number of amides is 1. The second-order valence-electron chi connectivity index (χ2n) is 8.01. The Balaban J connectivity index is 1.71. The summed E-state index contributed by atoms with van der Waals surface area (Å²) in [5, 5.41) is 8.97. The largest absolute Gasteiger partial charge is 0.497 e. The molecule has 0 saturated carbocycles. The number of fused-ring (bicyclic) bond motifs is 1. The molecular weight excluding hydrogens is 516 g/mol. The van der Waals surface area contributed by atoms with Gasteiger partial charge < -0.3 is 20.7 Å². The highest BCUT2D eigenvalue weighted by Crippen LogP contribution is 2.33. The molecule has 0 radical (unpaired) electrons. The zero-order valence-corrected chi connectivity index (χ0v) is 21.8. The summed E-state index contributed by atoms with van der Waals surface area (Å²) in [5.41, 5.74) is 1.83. The minimum Gasteiger partial charge on any atom is -0.497 e. The molecule has 0 fully saturated rings. The quantitative estimate of drug-likeness (QED) is 0.246. The normalized spacial score (nSPS) is 12.1. The molecule has 37 heavy (non-hydrogen) atoms. The van der Waals surface area contributed by atoms with Gasteiger partial charge in [0.1, 0.15) is 5.75 Å². The van der Waals surface area contributed by atoms with Crippen molar-refractivity contribution in [2.45, 2.75) is 17.9 Å². The Bertz CT molecular complexity index is 1560. The maximum absolute atomic E-state index is 13.4. The summed E-state index contributed by atoms with van der Waals surface area (Å²) in [7, 11) is -0.938.